The molecule has 0 aromatic heterocycles. The topological polar surface area (TPSA) is 35.2 Å². The van der Waals surface area contributed by atoms with Crippen LogP contribution < -0.4 is 5.73 Å². The quantitative estimate of drug-likeness (QED) is 0.917. The Morgan fingerprint density at radius 1 is 1.05 bits per heavy atom. The maximum atomic E-state index is 13.5. The van der Waals surface area contributed by atoms with Gasteiger partial charge in [0.25, 0.3) is 0 Å². The minimum Gasteiger partial charge on any atom is -0.379 e. The highest BCUT2D eigenvalue weighted by Gasteiger charge is 2.42. The van der Waals surface area contributed by atoms with Crippen molar-refractivity contribution in [1.82, 2.24) is 0 Å². The fourth-order valence-electron chi connectivity index (χ4n) is 2.59. The molecule has 0 radical (unpaired) electrons. The summed E-state index contributed by atoms with van der Waals surface area (Å²) in [4.78, 5) is 0. The van der Waals surface area contributed by atoms with E-state index in [2.05, 4.69) is 12.1 Å². The van der Waals surface area contributed by atoms with Gasteiger partial charge in [-0.05, 0) is 28.8 Å². The van der Waals surface area contributed by atoms with E-state index in [4.69, 9.17) is 10.5 Å². The Hall–Kier alpha value is -1.71. The summed E-state index contributed by atoms with van der Waals surface area (Å²) in [5, 5.41) is 0. The van der Waals surface area contributed by atoms with Crippen LogP contribution in [0.25, 0.3) is 0 Å². The fraction of sp³-hybridized carbons (Fsp3) is 0.250. The molecule has 2 N–H and O–H groups in total. The summed E-state index contributed by atoms with van der Waals surface area (Å²) < 4.78 is 18.9. The zero-order chi connectivity index (χ0) is 13.3. The summed E-state index contributed by atoms with van der Waals surface area (Å²) in [5.74, 6) is -0.209. The van der Waals surface area contributed by atoms with Gasteiger partial charge < -0.3 is 10.5 Å². The normalized spacial score (nSPS) is 16.9. The molecule has 0 bridgehead atoms. The highest BCUT2D eigenvalue weighted by atomic mass is 19.1. The molecule has 2 aromatic carbocycles. The largest absolute Gasteiger partial charge is 0.379 e. The van der Waals surface area contributed by atoms with Gasteiger partial charge in [-0.1, -0.05) is 36.4 Å². The van der Waals surface area contributed by atoms with E-state index >= 15 is 0 Å². The van der Waals surface area contributed by atoms with Gasteiger partial charge in [-0.25, -0.2) is 4.39 Å². The van der Waals surface area contributed by atoms with Crippen molar-refractivity contribution in [3.05, 3.63) is 71.0 Å². The first-order valence-electron chi connectivity index (χ1n) is 6.38. The number of halogens is 1. The first-order chi connectivity index (χ1) is 9.24. The van der Waals surface area contributed by atoms with Crippen molar-refractivity contribution in [1.29, 1.82) is 0 Å². The second-order valence-electron chi connectivity index (χ2n) is 4.99. The molecule has 1 aliphatic rings. The Morgan fingerprint density at radius 2 is 1.74 bits per heavy atom. The Morgan fingerprint density at radius 3 is 2.32 bits per heavy atom. The molecule has 98 valence electrons. The van der Waals surface area contributed by atoms with Gasteiger partial charge in [-0.2, -0.15) is 0 Å². The SMILES string of the molecule is NCc1cccc(C2(c3cccc(F)c3)COC2)c1. The van der Waals surface area contributed by atoms with Crippen molar-refractivity contribution in [2.45, 2.75) is 12.0 Å². The predicted octanol–water partition coefficient (Wildman–Crippen LogP) is 2.60. The number of hydrogen-bond donors (Lipinski definition) is 1. The summed E-state index contributed by atoms with van der Waals surface area (Å²) in [6, 6.07) is 14.9. The van der Waals surface area contributed by atoms with Crippen molar-refractivity contribution in [3.63, 3.8) is 0 Å². The van der Waals surface area contributed by atoms with E-state index in [1.54, 1.807) is 12.1 Å². The van der Waals surface area contributed by atoms with E-state index < -0.39 is 0 Å². The molecule has 1 heterocycles. The molecule has 0 spiro atoms. The van der Waals surface area contributed by atoms with Crippen LogP contribution in [-0.4, -0.2) is 13.2 Å². The van der Waals surface area contributed by atoms with E-state index in [0.29, 0.717) is 19.8 Å². The number of rotatable bonds is 3. The minimum atomic E-state index is -0.229. The van der Waals surface area contributed by atoms with Crippen molar-refractivity contribution < 1.29 is 9.13 Å². The maximum Gasteiger partial charge on any atom is 0.123 e. The smallest absolute Gasteiger partial charge is 0.123 e. The number of hydrogen-bond acceptors (Lipinski definition) is 2. The van der Waals surface area contributed by atoms with Crippen LogP contribution in [0.4, 0.5) is 4.39 Å². The molecule has 0 atom stereocenters. The molecule has 0 aliphatic carbocycles. The van der Waals surface area contributed by atoms with Gasteiger partial charge in [0.15, 0.2) is 0 Å². The summed E-state index contributed by atoms with van der Waals surface area (Å²) in [5.41, 5.74) is 8.66. The van der Waals surface area contributed by atoms with Crippen LogP contribution in [0.2, 0.25) is 0 Å². The highest BCUT2D eigenvalue weighted by Crippen LogP contribution is 2.39. The van der Waals surface area contributed by atoms with E-state index in [-0.39, 0.29) is 11.2 Å². The van der Waals surface area contributed by atoms with Gasteiger partial charge in [0, 0.05) is 6.54 Å². The molecule has 19 heavy (non-hydrogen) atoms. The average Bonchev–Trinajstić information content (AvgIpc) is 2.38. The minimum absolute atomic E-state index is 0.209. The number of ether oxygens (including phenoxy) is 1. The molecule has 3 rings (SSSR count). The summed E-state index contributed by atoms with van der Waals surface area (Å²) in [6.07, 6.45) is 0. The molecule has 3 heteroatoms. The van der Waals surface area contributed by atoms with E-state index in [0.717, 1.165) is 16.7 Å². The average molecular weight is 257 g/mol. The van der Waals surface area contributed by atoms with E-state index in [1.165, 1.54) is 6.07 Å². The first kappa shape index (κ1) is 12.3. The van der Waals surface area contributed by atoms with Crippen LogP contribution in [-0.2, 0) is 16.7 Å². The summed E-state index contributed by atoms with van der Waals surface area (Å²) >= 11 is 0. The zero-order valence-corrected chi connectivity index (χ0v) is 10.6. The lowest BCUT2D eigenvalue weighted by molar-refractivity contribution is -0.0381. The lowest BCUT2D eigenvalue weighted by Gasteiger charge is -2.42. The third kappa shape index (κ3) is 2.05. The molecule has 1 saturated heterocycles. The van der Waals surface area contributed by atoms with Gasteiger partial charge in [0.2, 0.25) is 0 Å². The van der Waals surface area contributed by atoms with Crippen molar-refractivity contribution in [2.75, 3.05) is 13.2 Å². The lowest BCUT2D eigenvalue weighted by atomic mass is 9.72. The van der Waals surface area contributed by atoms with Crippen LogP contribution >= 0.6 is 0 Å². The Kier molecular flexibility index (Phi) is 3.09. The summed E-state index contributed by atoms with van der Waals surface area (Å²) in [7, 11) is 0. The molecule has 0 amide bonds. The molecule has 2 nitrogen and oxygen atoms in total. The van der Waals surface area contributed by atoms with Gasteiger partial charge in [-0.3, -0.25) is 0 Å². The molecule has 1 aliphatic heterocycles. The third-order valence-electron chi connectivity index (χ3n) is 3.79. The molecule has 2 aromatic rings. The van der Waals surface area contributed by atoms with Crippen LogP contribution in [0.15, 0.2) is 48.5 Å². The molecule has 1 fully saturated rings. The summed E-state index contributed by atoms with van der Waals surface area (Å²) in [6.45, 7) is 1.68. The maximum absolute atomic E-state index is 13.5. The zero-order valence-electron chi connectivity index (χ0n) is 10.6. The van der Waals surface area contributed by atoms with E-state index in [9.17, 15) is 4.39 Å². The van der Waals surface area contributed by atoms with Gasteiger partial charge in [0.05, 0.1) is 18.6 Å². The Bertz CT molecular complexity index is 593. The highest BCUT2D eigenvalue weighted by molar-refractivity contribution is 5.43. The Labute approximate surface area is 112 Å². The lowest BCUT2D eigenvalue weighted by Crippen LogP contribution is -2.47. The van der Waals surface area contributed by atoms with Crippen molar-refractivity contribution >= 4 is 0 Å². The third-order valence-corrected chi connectivity index (χ3v) is 3.79. The van der Waals surface area contributed by atoms with Crippen LogP contribution in [0.1, 0.15) is 16.7 Å². The van der Waals surface area contributed by atoms with Crippen molar-refractivity contribution in [3.8, 4) is 0 Å². The van der Waals surface area contributed by atoms with Gasteiger partial charge in [0.1, 0.15) is 5.82 Å². The molecule has 0 saturated carbocycles. The first-order valence-corrected chi connectivity index (χ1v) is 6.38. The second-order valence-corrected chi connectivity index (χ2v) is 4.99. The van der Waals surface area contributed by atoms with Crippen LogP contribution in [0.5, 0.6) is 0 Å². The Balaban J connectivity index is 2.08. The monoisotopic (exact) mass is 257 g/mol. The number of nitrogens with two attached hydrogens (primary N) is 1. The fourth-order valence-corrected chi connectivity index (χ4v) is 2.59. The van der Waals surface area contributed by atoms with Crippen LogP contribution in [0.3, 0.4) is 0 Å². The number of benzene rings is 2. The van der Waals surface area contributed by atoms with Crippen LogP contribution in [0, 0.1) is 5.82 Å². The standard InChI is InChI=1S/C16H16FNO/c17-15-6-2-5-14(8-15)16(10-19-11-16)13-4-1-3-12(7-13)9-18/h1-8H,9-11,18H2. The molecular formula is C16H16FNO. The van der Waals surface area contributed by atoms with E-state index in [1.807, 2.05) is 18.2 Å². The van der Waals surface area contributed by atoms with Crippen molar-refractivity contribution in [2.24, 2.45) is 5.73 Å². The second kappa shape index (κ2) is 4.76. The molecule has 0 unspecified atom stereocenters. The van der Waals surface area contributed by atoms with Gasteiger partial charge >= 0.3 is 0 Å². The van der Waals surface area contributed by atoms with Gasteiger partial charge in [-0.15, -0.1) is 0 Å². The predicted molar refractivity (Wildman–Crippen MR) is 72.3 cm³/mol. The molecular weight excluding hydrogens is 241 g/mol.